The van der Waals surface area contributed by atoms with Crippen LogP contribution in [0.1, 0.15) is 16.8 Å². The van der Waals surface area contributed by atoms with E-state index in [9.17, 15) is 13.2 Å². The summed E-state index contributed by atoms with van der Waals surface area (Å²) in [5.41, 5.74) is 0.541. The van der Waals surface area contributed by atoms with Gasteiger partial charge in [-0.3, -0.25) is 4.79 Å². The Kier molecular flexibility index (Phi) is 6.45. The minimum absolute atomic E-state index is 0.196. The Morgan fingerprint density at radius 3 is 2.53 bits per heavy atom. The highest BCUT2D eigenvalue weighted by atomic mass is 79.9. The molecule has 1 aromatic carbocycles. The summed E-state index contributed by atoms with van der Waals surface area (Å²) in [5.74, 6) is -0.196. The first kappa shape index (κ1) is 16.6. The molecule has 0 aliphatic heterocycles. The van der Waals surface area contributed by atoms with E-state index >= 15 is 0 Å². The number of carbonyl (C=O) groups is 1. The maximum Gasteiger partial charge on any atom is 0.252 e. The van der Waals surface area contributed by atoms with Crippen molar-refractivity contribution in [1.82, 2.24) is 10.0 Å². The second-order valence-corrected chi connectivity index (χ2v) is 7.50. The topological polar surface area (TPSA) is 75.3 Å². The van der Waals surface area contributed by atoms with Crippen molar-refractivity contribution < 1.29 is 13.2 Å². The van der Waals surface area contributed by atoms with Crippen molar-refractivity contribution in [2.75, 3.05) is 19.3 Å². The van der Waals surface area contributed by atoms with Crippen LogP contribution in [0.15, 0.2) is 27.1 Å². The lowest BCUT2D eigenvalue weighted by Gasteiger charge is -2.07. The molecule has 0 aromatic heterocycles. The summed E-state index contributed by atoms with van der Waals surface area (Å²) in [7, 11) is -3.16. The van der Waals surface area contributed by atoms with Gasteiger partial charge in [0.2, 0.25) is 10.0 Å². The molecule has 0 saturated heterocycles. The van der Waals surface area contributed by atoms with E-state index in [-0.39, 0.29) is 5.91 Å². The zero-order valence-electron chi connectivity index (χ0n) is 10.2. The molecule has 0 bridgehead atoms. The van der Waals surface area contributed by atoms with Crippen molar-refractivity contribution in [2.45, 2.75) is 6.42 Å². The van der Waals surface area contributed by atoms with Crippen molar-refractivity contribution in [3.05, 3.63) is 32.7 Å². The highest BCUT2D eigenvalue weighted by Crippen LogP contribution is 2.21. The third-order valence-corrected chi connectivity index (χ3v) is 4.06. The van der Waals surface area contributed by atoms with Crippen molar-refractivity contribution in [3.63, 3.8) is 0 Å². The number of rotatable bonds is 6. The molecular weight excluding hydrogens is 400 g/mol. The average molecular weight is 414 g/mol. The molecule has 0 aliphatic carbocycles. The van der Waals surface area contributed by atoms with E-state index in [4.69, 9.17) is 0 Å². The summed E-state index contributed by atoms with van der Waals surface area (Å²) in [6.45, 7) is 0.713. The van der Waals surface area contributed by atoms with Crippen LogP contribution in [-0.4, -0.2) is 33.7 Å². The molecule has 1 aromatic rings. The molecule has 8 heteroatoms. The maximum atomic E-state index is 11.8. The molecule has 0 atom stereocenters. The van der Waals surface area contributed by atoms with Crippen LogP contribution in [0.2, 0.25) is 0 Å². The Hall–Kier alpha value is -0.440. The molecule has 0 aliphatic rings. The number of carbonyl (C=O) groups excluding carboxylic acids is 1. The van der Waals surface area contributed by atoms with Gasteiger partial charge < -0.3 is 5.32 Å². The van der Waals surface area contributed by atoms with Crippen LogP contribution in [0.25, 0.3) is 0 Å². The van der Waals surface area contributed by atoms with Crippen molar-refractivity contribution in [2.24, 2.45) is 0 Å². The summed E-state index contributed by atoms with van der Waals surface area (Å²) in [6, 6.07) is 5.28. The van der Waals surface area contributed by atoms with Crippen molar-refractivity contribution in [1.29, 1.82) is 0 Å². The number of nitrogens with one attached hydrogen (secondary N) is 2. The van der Waals surface area contributed by atoms with Crippen LogP contribution < -0.4 is 10.0 Å². The predicted molar refractivity (Wildman–Crippen MR) is 81.6 cm³/mol. The van der Waals surface area contributed by atoms with E-state index in [2.05, 4.69) is 41.9 Å². The predicted octanol–water partition coefficient (Wildman–Crippen LogP) is 1.88. The lowest BCUT2D eigenvalue weighted by Crippen LogP contribution is -2.29. The molecule has 0 heterocycles. The zero-order chi connectivity index (χ0) is 14.5. The van der Waals surface area contributed by atoms with Gasteiger partial charge >= 0.3 is 0 Å². The van der Waals surface area contributed by atoms with Gasteiger partial charge in [0.05, 0.1) is 11.8 Å². The molecule has 0 radical (unpaired) electrons. The summed E-state index contributed by atoms with van der Waals surface area (Å²) >= 11 is 6.62. The van der Waals surface area contributed by atoms with Crippen molar-refractivity contribution >= 4 is 47.8 Å². The molecule has 2 N–H and O–H groups in total. The summed E-state index contributed by atoms with van der Waals surface area (Å²) in [5, 5.41) is 2.73. The van der Waals surface area contributed by atoms with E-state index in [0.29, 0.717) is 29.5 Å². The molecule has 0 unspecified atom stereocenters. The smallest absolute Gasteiger partial charge is 0.252 e. The number of hydrogen-bond acceptors (Lipinski definition) is 3. The van der Waals surface area contributed by atoms with Crippen LogP contribution >= 0.6 is 31.9 Å². The Balaban J connectivity index is 2.39. The van der Waals surface area contributed by atoms with Gasteiger partial charge in [0.15, 0.2) is 0 Å². The Morgan fingerprint density at radius 2 is 1.95 bits per heavy atom. The fourth-order valence-corrected chi connectivity index (χ4v) is 3.06. The number of halogens is 2. The largest absolute Gasteiger partial charge is 0.352 e. The van der Waals surface area contributed by atoms with E-state index in [0.717, 1.165) is 10.7 Å². The Morgan fingerprint density at radius 1 is 1.26 bits per heavy atom. The van der Waals surface area contributed by atoms with E-state index in [1.54, 1.807) is 18.2 Å². The van der Waals surface area contributed by atoms with Gasteiger partial charge in [0.1, 0.15) is 0 Å². The average Bonchev–Trinajstić information content (AvgIpc) is 2.26. The Bertz CT molecular complexity index is 561. The van der Waals surface area contributed by atoms with Gasteiger partial charge in [-0.1, -0.05) is 15.9 Å². The SMILES string of the molecule is CS(=O)(=O)NCCCNC(=O)c1ccc(Br)cc1Br. The molecular formula is C11H14Br2N2O3S. The summed E-state index contributed by atoms with van der Waals surface area (Å²) < 4.78 is 25.6. The highest BCUT2D eigenvalue weighted by molar-refractivity contribution is 9.11. The fourth-order valence-electron chi connectivity index (χ4n) is 1.32. The monoisotopic (exact) mass is 412 g/mol. The standard InChI is InChI=1S/C11H14Br2N2O3S/c1-19(17,18)15-6-2-5-14-11(16)9-4-3-8(12)7-10(9)13/h3-4,7,15H,2,5-6H2,1H3,(H,14,16). The lowest BCUT2D eigenvalue weighted by molar-refractivity contribution is 0.0952. The van der Waals surface area contributed by atoms with E-state index < -0.39 is 10.0 Å². The summed E-state index contributed by atoms with van der Waals surface area (Å²) in [6.07, 6.45) is 1.64. The summed E-state index contributed by atoms with van der Waals surface area (Å²) in [4.78, 5) is 11.8. The minimum atomic E-state index is -3.16. The molecule has 1 amide bonds. The lowest BCUT2D eigenvalue weighted by atomic mass is 10.2. The van der Waals surface area contributed by atoms with Crippen molar-refractivity contribution in [3.8, 4) is 0 Å². The first-order chi connectivity index (χ1) is 8.79. The van der Waals surface area contributed by atoms with E-state index in [1.807, 2.05) is 0 Å². The fraction of sp³-hybridized carbons (Fsp3) is 0.364. The van der Waals surface area contributed by atoms with Crippen LogP contribution in [-0.2, 0) is 10.0 Å². The zero-order valence-corrected chi connectivity index (χ0v) is 14.2. The molecule has 19 heavy (non-hydrogen) atoms. The third kappa shape index (κ3) is 6.51. The molecule has 5 nitrogen and oxygen atoms in total. The number of hydrogen-bond donors (Lipinski definition) is 2. The second kappa shape index (κ2) is 7.37. The molecule has 0 fully saturated rings. The van der Waals surface area contributed by atoms with Crippen LogP contribution in [0.4, 0.5) is 0 Å². The molecule has 0 spiro atoms. The van der Waals surface area contributed by atoms with E-state index in [1.165, 1.54) is 0 Å². The maximum absolute atomic E-state index is 11.8. The minimum Gasteiger partial charge on any atom is -0.352 e. The second-order valence-electron chi connectivity index (χ2n) is 3.90. The first-order valence-corrected chi connectivity index (χ1v) is 8.95. The number of sulfonamides is 1. The first-order valence-electron chi connectivity index (χ1n) is 5.47. The van der Waals surface area contributed by atoms with Crippen LogP contribution in [0, 0.1) is 0 Å². The van der Waals surface area contributed by atoms with Crippen LogP contribution in [0.3, 0.4) is 0 Å². The van der Waals surface area contributed by atoms with Gasteiger partial charge in [-0.05, 0) is 40.5 Å². The van der Waals surface area contributed by atoms with Gasteiger partial charge in [0.25, 0.3) is 5.91 Å². The van der Waals surface area contributed by atoms with Gasteiger partial charge in [0, 0.05) is 22.0 Å². The highest BCUT2D eigenvalue weighted by Gasteiger charge is 2.09. The Labute approximate surface area is 129 Å². The van der Waals surface area contributed by atoms with Gasteiger partial charge in [-0.25, -0.2) is 13.1 Å². The molecule has 106 valence electrons. The molecule has 1 rings (SSSR count). The van der Waals surface area contributed by atoms with Crippen LogP contribution in [0.5, 0.6) is 0 Å². The third-order valence-electron chi connectivity index (χ3n) is 2.18. The number of amides is 1. The normalized spacial score (nSPS) is 11.3. The van der Waals surface area contributed by atoms with Gasteiger partial charge in [-0.2, -0.15) is 0 Å². The molecule has 0 saturated carbocycles. The number of benzene rings is 1. The quantitative estimate of drug-likeness (QED) is 0.699. The van der Waals surface area contributed by atoms with Gasteiger partial charge in [-0.15, -0.1) is 0 Å².